The number of allylic oxidation sites excluding steroid dienone is 1. The Morgan fingerprint density at radius 1 is 1.38 bits per heavy atom. The molecule has 1 heterocycles. The molecule has 2 aromatic rings. The van der Waals surface area contributed by atoms with Crippen LogP contribution in [0.3, 0.4) is 0 Å². The molecule has 0 aliphatic heterocycles. The van der Waals surface area contributed by atoms with Gasteiger partial charge in [0.2, 0.25) is 0 Å². The molecule has 0 spiro atoms. The highest BCUT2D eigenvalue weighted by Gasteiger charge is 2.09. The molecule has 0 amide bonds. The molecule has 0 saturated carbocycles. The topological polar surface area (TPSA) is 17.1 Å². The minimum Gasteiger partial charge on any atom is -0.289 e. The van der Waals surface area contributed by atoms with Gasteiger partial charge >= 0.3 is 0 Å². The zero-order chi connectivity index (χ0) is 11.7. The van der Waals surface area contributed by atoms with Crippen LogP contribution in [0.25, 0.3) is 21.7 Å². The van der Waals surface area contributed by atoms with Crippen LogP contribution in [0.15, 0.2) is 42.2 Å². The molecule has 2 rings (SSSR count). The third kappa shape index (κ3) is 1.61. The lowest BCUT2D eigenvalue weighted by atomic mass is 10.1. The van der Waals surface area contributed by atoms with E-state index < -0.39 is 0 Å². The lowest BCUT2D eigenvalue weighted by Crippen LogP contribution is -2.06. The summed E-state index contributed by atoms with van der Waals surface area (Å²) in [5, 5.41) is 0.757. The second kappa shape index (κ2) is 4.06. The van der Waals surface area contributed by atoms with Gasteiger partial charge in [0.15, 0.2) is 5.43 Å². The lowest BCUT2D eigenvalue weighted by molar-refractivity contribution is 1.60. The minimum atomic E-state index is 0.0438. The van der Waals surface area contributed by atoms with Gasteiger partial charge in [-0.2, -0.15) is 0 Å². The molecule has 16 heavy (non-hydrogen) atoms. The van der Waals surface area contributed by atoms with Crippen molar-refractivity contribution < 1.29 is 0 Å². The van der Waals surface area contributed by atoms with Gasteiger partial charge in [-0.3, -0.25) is 4.79 Å². The molecular formula is C14H12OS. The first-order valence-electron chi connectivity index (χ1n) is 4.99. The second-order valence-corrected chi connectivity index (χ2v) is 4.71. The number of rotatable bonds is 2. The van der Waals surface area contributed by atoms with Crippen LogP contribution in [0.5, 0.6) is 0 Å². The van der Waals surface area contributed by atoms with E-state index in [-0.39, 0.29) is 5.43 Å². The Labute approximate surface area is 98.4 Å². The molecule has 0 atom stereocenters. The molecule has 0 saturated heterocycles. The van der Waals surface area contributed by atoms with E-state index in [1.54, 1.807) is 17.4 Å². The van der Waals surface area contributed by atoms with Crippen LogP contribution in [0, 0.1) is 0 Å². The summed E-state index contributed by atoms with van der Waals surface area (Å²) in [5.74, 6) is 0. The molecular weight excluding hydrogens is 216 g/mol. The molecule has 2 heteroatoms. The standard InChI is InChI=1S/C14H12OS/c1-4-10-13(15)11-7-5-6-8-12(11)16-14(10)9(2)3/h4-8H,1-2H2,3H3. The van der Waals surface area contributed by atoms with Gasteiger partial charge in [-0.05, 0) is 24.6 Å². The Hall–Kier alpha value is -1.67. The number of benzene rings is 1. The summed E-state index contributed by atoms with van der Waals surface area (Å²) in [4.78, 5) is 13.1. The van der Waals surface area contributed by atoms with Crippen molar-refractivity contribution in [3.63, 3.8) is 0 Å². The normalized spacial score (nSPS) is 10.3. The molecule has 0 fully saturated rings. The highest BCUT2D eigenvalue weighted by molar-refractivity contribution is 7.19. The van der Waals surface area contributed by atoms with Crippen LogP contribution in [-0.2, 0) is 0 Å². The third-order valence-electron chi connectivity index (χ3n) is 2.42. The highest BCUT2D eigenvalue weighted by atomic mass is 32.1. The van der Waals surface area contributed by atoms with Gasteiger partial charge in [-0.15, -0.1) is 11.3 Å². The van der Waals surface area contributed by atoms with E-state index in [4.69, 9.17) is 0 Å². The quantitative estimate of drug-likeness (QED) is 0.761. The Morgan fingerprint density at radius 2 is 2.06 bits per heavy atom. The molecule has 0 N–H and O–H groups in total. The fourth-order valence-electron chi connectivity index (χ4n) is 1.66. The maximum absolute atomic E-state index is 12.2. The number of hydrogen-bond acceptors (Lipinski definition) is 2. The predicted molar refractivity (Wildman–Crippen MR) is 72.9 cm³/mol. The number of fused-ring (bicyclic) bond motifs is 1. The van der Waals surface area contributed by atoms with Crippen LogP contribution in [0.1, 0.15) is 17.4 Å². The first-order chi connectivity index (χ1) is 7.65. The molecule has 0 aliphatic carbocycles. The zero-order valence-electron chi connectivity index (χ0n) is 9.12. The molecule has 0 radical (unpaired) electrons. The van der Waals surface area contributed by atoms with Crippen LogP contribution in [0.2, 0.25) is 0 Å². The van der Waals surface area contributed by atoms with E-state index in [0.717, 1.165) is 20.5 Å². The van der Waals surface area contributed by atoms with Gasteiger partial charge < -0.3 is 0 Å². The molecule has 0 unspecified atom stereocenters. The Kier molecular flexibility index (Phi) is 2.75. The van der Waals surface area contributed by atoms with Crippen molar-refractivity contribution in [3.8, 4) is 0 Å². The fraction of sp³-hybridized carbons (Fsp3) is 0.0714. The minimum absolute atomic E-state index is 0.0438. The van der Waals surface area contributed by atoms with Crippen molar-refractivity contribution in [1.82, 2.24) is 0 Å². The van der Waals surface area contributed by atoms with Crippen molar-refractivity contribution in [3.05, 3.63) is 58.1 Å². The van der Waals surface area contributed by atoms with Crippen LogP contribution >= 0.6 is 11.3 Å². The van der Waals surface area contributed by atoms with Gasteiger partial charge in [-0.1, -0.05) is 31.4 Å². The van der Waals surface area contributed by atoms with E-state index in [0.29, 0.717) is 5.56 Å². The van der Waals surface area contributed by atoms with Gasteiger partial charge in [0.1, 0.15) is 0 Å². The molecule has 0 aliphatic rings. The van der Waals surface area contributed by atoms with Crippen molar-refractivity contribution >= 4 is 33.1 Å². The van der Waals surface area contributed by atoms with Gasteiger partial charge in [-0.25, -0.2) is 0 Å². The van der Waals surface area contributed by atoms with E-state index in [1.807, 2.05) is 31.2 Å². The molecule has 80 valence electrons. The second-order valence-electron chi connectivity index (χ2n) is 3.65. The fourth-order valence-corrected chi connectivity index (χ4v) is 2.76. The summed E-state index contributed by atoms with van der Waals surface area (Å²) in [6.45, 7) is 9.52. The van der Waals surface area contributed by atoms with Gasteiger partial charge in [0.05, 0.1) is 0 Å². The largest absolute Gasteiger partial charge is 0.289 e. The van der Waals surface area contributed by atoms with Crippen LogP contribution in [0.4, 0.5) is 0 Å². The van der Waals surface area contributed by atoms with E-state index >= 15 is 0 Å². The van der Waals surface area contributed by atoms with Crippen molar-refractivity contribution in [1.29, 1.82) is 0 Å². The average Bonchev–Trinajstić information content (AvgIpc) is 2.29. The summed E-state index contributed by atoms with van der Waals surface area (Å²) < 4.78 is 0.996. The predicted octanol–water partition coefficient (Wildman–Crippen LogP) is 3.94. The van der Waals surface area contributed by atoms with Crippen LogP contribution in [-0.4, -0.2) is 0 Å². The third-order valence-corrected chi connectivity index (χ3v) is 3.77. The first kappa shape index (κ1) is 10.8. The van der Waals surface area contributed by atoms with Crippen LogP contribution < -0.4 is 5.43 Å². The molecule has 1 nitrogen and oxygen atoms in total. The summed E-state index contributed by atoms with van der Waals surface area (Å²) >= 11 is 1.59. The maximum atomic E-state index is 12.2. The zero-order valence-corrected chi connectivity index (χ0v) is 9.93. The average molecular weight is 228 g/mol. The summed E-state index contributed by atoms with van der Waals surface area (Å²) in [6.07, 6.45) is 1.62. The lowest BCUT2D eigenvalue weighted by Gasteiger charge is -2.05. The highest BCUT2D eigenvalue weighted by Crippen LogP contribution is 2.27. The maximum Gasteiger partial charge on any atom is 0.195 e. The van der Waals surface area contributed by atoms with Crippen molar-refractivity contribution in [2.45, 2.75) is 6.92 Å². The molecule has 0 bridgehead atoms. The summed E-state index contributed by atoms with van der Waals surface area (Å²) in [6, 6.07) is 7.63. The number of hydrogen-bond donors (Lipinski definition) is 0. The molecule has 1 aromatic heterocycles. The van der Waals surface area contributed by atoms with Crippen molar-refractivity contribution in [2.24, 2.45) is 0 Å². The SMILES string of the molecule is C=Cc1c(C(=C)C)sc2ccccc2c1=O. The Bertz CT molecular complexity index is 635. The Morgan fingerprint density at radius 3 is 2.69 bits per heavy atom. The monoisotopic (exact) mass is 228 g/mol. The van der Waals surface area contributed by atoms with E-state index in [9.17, 15) is 4.79 Å². The smallest absolute Gasteiger partial charge is 0.195 e. The Balaban J connectivity index is 2.98. The van der Waals surface area contributed by atoms with Gasteiger partial charge in [0.25, 0.3) is 0 Å². The van der Waals surface area contributed by atoms with Crippen molar-refractivity contribution in [2.75, 3.05) is 0 Å². The summed E-state index contributed by atoms with van der Waals surface area (Å²) in [5.41, 5.74) is 1.61. The molecule has 1 aromatic carbocycles. The summed E-state index contributed by atoms with van der Waals surface area (Å²) in [7, 11) is 0. The first-order valence-corrected chi connectivity index (χ1v) is 5.81. The van der Waals surface area contributed by atoms with Gasteiger partial charge in [0, 0.05) is 20.5 Å². The van der Waals surface area contributed by atoms with E-state index in [1.165, 1.54) is 0 Å². The van der Waals surface area contributed by atoms with E-state index in [2.05, 4.69) is 13.2 Å².